The molecule has 0 atom stereocenters. The second kappa shape index (κ2) is 11.2. The van der Waals surface area contributed by atoms with Gasteiger partial charge in [-0.25, -0.2) is 15.0 Å². The Labute approximate surface area is 297 Å². The summed E-state index contributed by atoms with van der Waals surface area (Å²) in [5, 5.41) is 8.68. The molecule has 0 saturated heterocycles. The van der Waals surface area contributed by atoms with Crippen molar-refractivity contribution in [1.29, 1.82) is 0 Å². The molecule has 0 spiro atoms. The molecule has 8 aromatic carbocycles. The predicted molar refractivity (Wildman–Crippen MR) is 211 cm³/mol. The lowest BCUT2D eigenvalue weighted by Gasteiger charge is -2.12. The van der Waals surface area contributed by atoms with Crippen LogP contribution in [0.1, 0.15) is 0 Å². The van der Waals surface area contributed by atoms with Crippen molar-refractivity contribution in [3.8, 4) is 45.3 Å². The lowest BCUT2D eigenvalue weighted by molar-refractivity contribution is 0.668. The van der Waals surface area contributed by atoms with Crippen LogP contribution in [0.15, 0.2) is 173 Å². The zero-order valence-corrected chi connectivity index (χ0v) is 27.7. The number of furan rings is 2. The summed E-state index contributed by atoms with van der Waals surface area (Å²) in [5.41, 5.74) is 7.85. The molecule has 0 aliphatic heterocycles. The van der Waals surface area contributed by atoms with Gasteiger partial charge in [0.25, 0.3) is 0 Å². The maximum absolute atomic E-state index is 6.57. The monoisotopic (exact) mass is 665 g/mol. The fourth-order valence-electron chi connectivity index (χ4n) is 7.57. The summed E-state index contributed by atoms with van der Waals surface area (Å²) in [7, 11) is 0. The summed E-state index contributed by atoms with van der Waals surface area (Å²) in [4.78, 5) is 15.6. The molecule has 0 unspecified atom stereocenters. The van der Waals surface area contributed by atoms with Crippen LogP contribution in [-0.4, -0.2) is 15.0 Å². The first-order valence-electron chi connectivity index (χ1n) is 17.3. The highest BCUT2D eigenvalue weighted by Gasteiger charge is 2.21. The van der Waals surface area contributed by atoms with E-state index in [4.69, 9.17) is 23.8 Å². The smallest absolute Gasteiger partial charge is 0.164 e. The minimum Gasteiger partial charge on any atom is -0.456 e. The van der Waals surface area contributed by atoms with Gasteiger partial charge in [-0.2, -0.15) is 0 Å². The quantitative estimate of drug-likeness (QED) is 0.187. The van der Waals surface area contributed by atoms with Crippen molar-refractivity contribution in [2.75, 3.05) is 0 Å². The average Bonchev–Trinajstić information content (AvgIpc) is 3.78. The number of benzene rings is 8. The van der Waals surface area contributed by atoms with E-state index in [1.54, 1.807) is 0 Å². The van der Waals surface area contributed by atoms with Crippen LogP contribution in [0, 0.1) is 0 Å². The van der Waals surface area contributed by atoms with Gasteiger partial charge in [0.05, 0.1) is 0 Å². The molecule has 3 aromatic heterocycles. The lowest BCUT2D eigenvalue weighted by Crippen LogP contribution is -2.01. The van der Waals surface area contributed by atoms with Gasteiger partial charge in [-0.3, -0.25) is 0 Å². The SMILES string of the molecule is c1ccc2cc(-c3nc(-c4ccc5ccccc5c4)nc(-c4cc(-c5cccc6c5oc5ccccc56)cc5oc6ccccc6c45)n3)ccc2c1. The summed E-state index contributed by atoms with van der Waals surface area (Å²) in [6.45, 7) is 0. The summed E-state index contributed by atoms with van der Waals surface area (Å²) < 4.78 is 13.1. The van der Waals surface area contributed by atoms with Crippen LogP contribution in [0.2, 0.25) is 0 Å². The van der Waals surface area contributed by atoms with Gasteiger partial charge in [0.15, 0.2) is 17.5 Å². The first kappa shape index (κ1) is 28.7. The number of hydrogen-bond donors (Lipinski definition) is 0. The van der Waals surface area contributed by atoms with Gasteiger partial charge in [0.2, 0.25) is 0 Å². The highest BCUT2D eigenvalue weighted by atomic mass is 16.3. The number of hydrogen-bond acceptors (Lipinski definition) is 5. The van der Waals surface area contributed by atoms with Crippen LogP contribution >= 0.6 is 0 Å². The molecule has 5 heteroatoms. The van der Waals surface area contributed by atoms with E-state index in [2.05, 4.69) is 127 Å². The van der Waals surface area contributed by atoms with Crippen LogP contribution in [0.4, 0.5) is 0 Å². The van der Waals surface area contributed by atoms with E-state index in [1.165, 1.54) is 0 Å². The topological polar surface area (TPSA) is 65.0 Å². The second-order valence-electron chi connectivity index (χ2n) is 13.2. The molecule has 242 valence electrons. The van der Waals surface area contributed by atoms with Gasteiger partial charge in [0.1, 0.15) is 22.3 Å². The Morgan fingerprint density at radius 1 is 0.327 bits per heavy atom. The third kappa shape index (κ3) is 4.53. The fraction of sp³-hybridized carbons (Fsp3) is 0. The fourth-order valence-corrected chi connectivity index (χ4v) is 7.57. The Bertz CT molecular complexity index is 3110. The third-order valence-electron chi connectivity index (χ3n) is 10.1. The van der Waals surface area contributed by atoms with E-state index in [-0.39, 0.29) is 0 Å². The van der Waals surface area contributed by atoms with Gasteiger partial charge in [-0.05, 0) is 63.5 Å². The molecule has 5 nitrogen and oxygen atoms in total. The van der Waals surface area contributed by atoms with Gasteiger partial charge in [0, 0.05) is 43.8 Å². The standard InChI is InChI=1S/C47H27N3O2/c1-3-12-30-24-32(22-20-28(30)10-1)45-48-46(33-23-21-29-11-2-4-13-31(29)25-33)50-47(49-45)39-26-34(27-42-43(39)38-15-6-8-19-41(38)51-42)35-16-9-17-37-36-14-5-7-18-40(36)52-44(35)37/h1-27H. The van der Waals surface area contributed by atoms with E-state index >= 15 is 0 Å². The molecule has 11 aromatic rings. The molecule has 52 heavy (non-hydrogen) atoms. The summed E-state index contributed by atoms with van der Waals surface area (Å²) in [6, 6.07) is 56.3. The van der Waals surface area contributed by atoms with Crippen LogP contribution in [0.3, 0.4) is 0 Å². The van der Waals surface area contributed by atoms with Crippen molar-refractivity contribution in [3.05, 3.63) is 164 Å². The number of fused-ring (bicyclic) bond motifs is 8. The van der Waals surface area contributed by atoms with Gasteiger partial charge < -0.3 is 8.83 Å². The van der Waals surface area contributed by atoms with Gasteiger partial charge >= 0.3 is 0 Å². The minimum atomic E-state index is 0.566. The van der Waals surface area contributed by atoms with E-state index < -0.39 is 0 Å². The Hall–Kier alpha value is -7.11. The largest absolute Gasteiger partial charge is 0.456 e. The zero-order valence-electron chi connectivity index (χ0n) is 27.7. The van der Waals surface area contributed by atoms with Crippen LogP contribution in [0.5, 0.6) is 0 Å². The van der Waals surface area contributed by atoms with Crippen molar-refractivity contribution in [2.24, 2.45) is 0 Å². The predicted octanol–water partition coefficient (Wildman–Crippen LogP) is 12.6. The highest BCUT2D eigenvalue weighted by molar-refractivity contribution is 6.15. The third-order valence-corrected chi connectivity index (χ3v) is 10.1. The van der Waals surface area contributed by atoms with E-state index in [1.807, 2.05) is 36.4 Å². The molecular formula is C47H27N3O2. The van der Waals surface area contributed by atoms with Crippen molar-refractivity contribution in [1.82, 2.24) is 15.0 Å². The van der Waals surface area contributed by atoms with Crippen molar-refractivity contribution in [3.63, 3.8) is 0 Å². The van der Waals surface area contributed by atoms with E-state index in [0.717, 1.165) is 93.2 Å². The molecule has 11 rings (SSSR count). The van der Waals surface area contributed by atoms with Crippen LogP contribution in [0.25, 0.3) is 111 Å². The molecule has 0 saturated carbocycles. The van der Waals surface area contributed by atoms with E-state index in [0.29, 0.717) is 17.5 Å². The maximum Gasteiger partial charge on any atom is 0.164 e. The first-order chi connectivity index (χ1) is 25.7. The zero-order chi connectivity index (χ0) is 34.2. The number of rotatable bonds is 4. The Kier molecular flexibility index (Phi) is 6.18. The second-order valence-corrected chi connectivity index (χ2v) is 13.2. The van der Waals surface area contributed by atoms with Gasteiger partial charge in [-0.1, -0.05) is 127 Å². The molecular weight excluding hydrogens is 639 g/mol. The number of nitrogens with zero attached hydrogens (tertiary/aromatic N) is 3. The summed E-state index contributed by atoms with van der Waals surface area (Å²) in [6.07, 6.45) is 0. The van der Waals surface area contributed by atoms with Gasteiger partial charge in [-0.15, -0.1) is 0 Å². The van der Waals surface area contributed by atoms with Crippen molar-refractivity contribution >= 4 is 65.4 Å². The maximum atomic E-state index is 6.57. The van der Waals surface area contributed by atoms with E-state index in [9.17, 15) is 0 Å². The molecule has 0 radical (unpaired) electrons. The average molecular weight is 666 g/mol. The molecule has 3 heterocycles. The molecule has 0 N–H and O–H groups in total. The summed E-state index contributed by atoms with van der Waals surface area (Å²) in [5.74, 6) is 1.77. The number of para-hydroxylation sites is 3. The lowest BCUT2D eigenvalue weighted by atomic mass is 9.96. The normalized spacial score (nSPS) is 11.8. The Balaban J connectivity index is 1.21. The molecule has 0 amide bonds. The van der Waals surface area contributed by atoms with Crippen LogP contribution < -0.4 is 0 Å². The van der Waals surface area contributed by atoms with Crippen molar-refractivity contribution in [2.45, 2.75) is 0 Å². The Morgan fingerprint density at radius 2 is 0.885 bits per heavy atom. The molecule has 0 bridgehead atoms. The first-order valence-corrected chi connectivity index (χ1v) is 17.3. The van der Waals surface area contributed by atoms with Crippen molar-refractivity contribution < 1.29 is 8.83 Å². The minimum absolute atomic E-state index is 0.566. The highest BCUT2D eigenvalue weighted by Crippen LogP contribution is 2.42. The molecule has 0 aliphatic rings. The molecule has 0 aliphatic carbocycles. The number of aromatic nitrogens is 3. The Morgan fingerprint density at radius 3 is 1.58 bits per heavy atom. The molecule has 0 fully saturated rings. The van der Waals surface area contributed by atoms with Crippen LogP contribution in [-0.2, 0) is 0 Å². The summed E-state index contributed by atoms with van der Waals surface area (Å²) >= 11 is 0.